The Bertz CT molecular complexity index is 1710. The SMILES string of the molecule is C[C@@H](OCC1CCCCC1)[C@H](NC(=O)C1CN(C(=O)c2cncs2)CC12CCN(C(=O)[C@H]1CC1(C)C)CC2)C(=O)N1CCC(c2ccc(C(=O)O)cc2)CC1. The molecule has 3 aliphatic heterocycles. The average molecular weight is 776 g/mol. The molecule has 0 radical (unpaired) electrons. The number of benzene rings is 1. The summed E-state index contributed by atoms with van der Waals surface area (Å²) in [5.74, 6) is -1.21. The summed E-state index contributed by atoms with van der Waals surface area (Å²) in [6, 6.07) is 6.09. The molecule has 0 bridgehead atoms. The van der Waals surface area contributed by atoms with E-state index in [9.17, 15) is 29.1 Å². The van der Waals surface area contributed by atoms with E-state index < -0.39 is 29.4 Å². The van der Waals surface area contributed by atoms with Gasteiger partial charge in [0.2, 0.25) is 17.7 Å². The van der Waals surface area contributed by atoms with E-state index in [0.29, 0.717) is 63.0 Å². The number of likely N-dealkylation sites (tertiary alicyclic amines) is 3. The van der Waals surface area contributed by atoms with Gasteiger partial charge >= 0.3 is 5.97 Å². The normalized spacial score (nSPS) is 25.0. The van der Waals surface area contributed by atoms with Gasteiger partial charge in [-0.05, 0) is 86.8 Å². The number of aromatic carboxylic acids is 1. The topological polar surface area (TPSA) is 149 Å². The molecule has 4 heterocycles. The van der Waals surface area contributed by atoms with Gasteiger partial charge in [0.05, 0.1) is 29.3 Å². The summed E-state index contributed by atoms with van der Waals surface area (Å²) in [7, 11) is 0. The van der Waals surface area contributed by atoms with E-state index in [1.807, 2.05) is 28.9 Å². The van der Waals surface area contributed by atoms with Crippen molar-refractivity contribution in [1.82, 2.24) is 25.0 Å². The van der Waals surface area contributed by atoms with Gasteiger partial charge in [-0.2, -0.15) is 0 Å². The lowest BCUT2D eigenvalue weighted by molar-refractivity contribution is -0.144. The standard InChI is InChI=1S/C42H57N5O7S/c1-27(54-24-28-7-5-4-6-8-28)35(39(51)45-17-13-30(14-18-45)29-9-11-31(12-10-29)40(52)53)44-36(48)33-23-47(38(50)34-22-43-26-55-34)25-42(33)15-19-46(20-16-42)37(49)32-21-41(32,2)3/h9-12,22,26-28,30,32-33,35H,4-8,13-21,23-25H2,1-3H3,(H,44,48)(H,52,53)/t27-,32-,33?,35+/m1/s1. The van der Waals surface area contributed by atoms with Crippen molar-refractivity contribution in [2.45, 2.75) is 103 Å². The summed E-state index contributed by atoms with van der Waals surface area (Å²) in [5, 5.41) is 12.5. The van der Waals surface area contributed by atoms with Crippen molar-refractivity contribution < 1.29 is 33.8 Å². The van der Waals surface area contributed by atoms with Crippen molar-refractivity contribution >= 4 is 40.9 Å². The third-order valence-corrected chi connectivity index (χ3v) is 14.3. The molecule has 1 aromatic carbocycles. The first-order valence-corrected chi connectivity index (χ1v) is 21.2. The summed E-state index contributed by atoms with van der Waals surface area (Å²) in [4.78, 5) is 77.8. The third kappa shape index (κ3) is 8.62. The van der Waals surface area contributed by atoms with Crippen molar-refractivity contribution in [2.75, 3.05) is 45.9 Å². The highest BCUT2D eigenvalue weighted by molar-refractivity contribution is 7.11. The molecular weight excluding hydrogens is 719 g/mol. The molecular formula is C42H57N5O7S. The highest BCUT2D eigenvalue weighted by atomic mass is 32.1. The van der Waals surface area contributed by atoms with E-state index in [1.54, 1.807) is 28.7 Å². The van der Waals surface area contributed by atoms with E-state index in [-0.39, 0.29) is 53.0 Å². The van der Waals surface area contributed by atoms with Gasteiger partial charge in [0.25, 0.3) is 5.91 Å². The summed E-state index contributed by atoms with van der Waals surface area (Å²) in [5.41, 5.74) is 2.44. The number of amides is 4. The van der Waals surface area contributed by atoms with Gasteiger partial charge in [-0.3, -0.25) is 24.2 Å². The zero-order valence-electron chi connectivity index (χ0n) is 32.5. The van der Waals surface area contributed by atoms with E-state index >= 15 is 0 Å². The third-order valence-electron chi connectivity index (χ3n) is 13.6. The van der Waals surface area contributed by atoms with Crippen LogP contribution in [0.15, 0.2) is 36.0 Å². The van der Waals surface area contributed by atoms with Gasteiger partial charge in [0, 0.05) is 57.2 Å². The lowest BCUT2D eigenvalue weighted by atomic mass is 9.70. The Morgan fingerprint density at radius 2 is 1.60 bits per heavy atom. The lowest BCUT2D eigenvalue weighted by Gasteiger charge is -2.42. The van der Waals surface area contributed by atoms with E-state index in [1.165, 1.54) is 30.6 Å². The molecule has 1 unspecified atom stereocenters. The van der Waals surface area contributed by atoms with Crippen molar-refractivity contribution in [3.8, 4) is 0 Å². The number of rotatable bonds is 11. The van der Waals surface area contributed by atoms with Crippen LogP contribution in [0.25, 0.3) is 0 Å². The van der Waals surface area contributed by atoms with Gasteiger partial charge in [-0.1, -0.05) is 45.2 Å². The second-order valence-electron chi connectivity index (χ2n) is 17.6. The van der Waals surface area contributed by atoms with Gasteiger partial charge in [0.15, 0.2) is 0 Å². The second-order valence-corrected chi connectivity index (χ2v) is 18.5. The first-order chi connectivity index (χ1) is 26.3. The maximum atomic E-state index is 14.7. The number of hydrogen-bond donors (Lipinski definition) is 2. The quantitative estimate of drug-likeness (QED) is 0.307. The molecule has 5 aliphatic rings. The molecule has 4 amide bonds. The van der Waals surface area contributed by atoms with Crippen LogP contribution < -0.4 is 5.32 Å². The minimum absolute atomic E-state index is 0.0279. The monoisotopic (exact) mass is 775 g/mol. The fourth-order valence-corrected chi connectivity index (χ4v) is 10.2. The Hall–Kier alpha value is -3.84. The molecule has 2 aromatic rings. The summed E-state index contributed by atoms with van der Waals surface area (Å²) in [6.45, 7) is 9.42. The smallest absolute Gasteiger partial charge is 0.335 e. The van der Waals surface area contributed by atoms with Crippen LogP contribution in [0.3, 0.4) is 0 Å². The van der Waals surface area contributed by atoms with Crippen LogP contribution in [0.1, 0.15) is 116 Å². The number of aromatic nitrogens is 1. The fraction of sp³-hybridized carbons (Fsp3) is 0.667. The molecule has 7 rings (SSSR count). The predicted molar refractivity (Wildman–Crippen MR) is 208 cm³/mol. The first-order valence-electron chi connectivity index (χ1n) is 20.4. The number of ether oxygens (including phenoxy) is 1. The van der Waals surface area contributed by atoms with Gasteiger partial charge in [-0.25, -0.2) is 4.79 Å². The fourth-order valence-electron chi connectivity index (χ4n) is 9.65. The highest BCUT2D eigenvalue weighted by Gasteiger charge is 2.56. The molecule has 298 valence electrons. The molecule has 1 spiro atoms. The van der Waals surface area contributed by atoms with Crippen LogP contribution in [0.5, 0.6) is 0 Å². The second kappa shape index (κ2) is 16.3. The molecule has 13 heteroatoms. The molecule has 2 aliphatic carbocycles. The van der Waals surface area contributed by atoms with Gasteiger partial charge in [-0.15, -0.1) is 11.3 Å². The minimum Gasteiger partial charge on any atom is -0.478 e. The van der Waals surface area contributed by atoms with Crippen molar-refractivity contribution in [2.24, 2.45) is 28.6 Å². The Morgan fingerprint density at radius 1 is 0.927 bits per heavy atom. The molecule has 3 saturated heterocycles. The average Bonchev–Trinajstić information content (AvgIpc) is 3.51. The number of carbonyl (C=O) groups excluding carboxylic acids is 4. The van der Waals surface area contributed by atoms with Crippen LogP contribution in [-0.4, -0.2) is 112 Å². The number of nitrogens with one attached hydrogen (secondary N) is 1. The number of carboxylic acid groups (broad SMARTS) is 1. The Labute approximate surface area is 328 Å². The van der Waals surface area contributed by atoms with Gasteiger partial charge in [0.1, 0.15) is 10.9 Å². The largest absolute Gasteiger partial charge is 0.478 e. The number of carbonyl (C=O) groups is 5. The van der Waals surface area contributed by atoms with Gasteiger partial charge < -0.3 is 29.9 Å². The summed E-state index contributed by atoms with van der Waals surface area (Å²) < 4.78 is 6.45. The molecule has 12 nitrogen and oxygen atoms in total. The van der Waals surface area contributed by atoms with Crippen LogP contribution >= 0.6 is 11.3 Å². The highest BCUT2D eigenvalue weighted by Crippen LogP contribution is 2.53. The molecule has 55 heavy (non-hydrogen) atoms. The van der Waals surface area contributed by atoms with Crippen LogP contribution in [-0.2, 0) is 19.1 Å². The molecule has 4 atom stereocenters. The summed E-state index contributed by atoms with van der Waals surface area (Å²) >= 11 is 1.28. The zero-order valence-corrected chi connectivity index (χ0v) is 33.4. The number of carboxylic acids is 1. The Morgan fingerprint density at radius 3 is 2.20 bits per heavy atom. The number of thiazole rings is 1. The van der Waals surface area contributed by atoms with Crippen molar-refractivity contribution in [3.63, 3.8) is 0 Å². The Balaban J connectivity index is 1.07. The predicted octanol–water partition coefficient (Wildman–Crippen LogP) is 5.44. The van der Waals surface area contributed by atoms with Crippen LogP contribution in [0.2, 0.25) is 0 Å². The zero-order chi connectivity index (χ0) is 38.9. The molecule has 2 saturated carbocycles. The summed E-state index contributed by atoms with van der Waals surface area (Å²) in [6.07, 6.45) is 10.3. The van der Waals surface area contributed by atoms with Crippen molar-refractivity contribution in [3.05, 3.63) is 52.0 Å². The van der Waals surface area contributed by atoms with Crippen LogP contribution in [0, 0.1) is 28.6 Å². The molecule has 1 aromatic heterocycles. The molecule has 2 N–H and O–H groups in total. The van der Waals surface area contributed by atoms with Crippen molar-refractivity contribution in [1.29, 1.82) is 0 Å². The number of nitrogens with zero attached hydrogens (tertiary/aromatic N) is 4. The minimum atomic E-state index is -0.958. The lowest BCUT2D eigenvalue weighted by Crippen LogP contribution is -2.58. The maximum absolute atomic E-state index is 14.7. The number of piperidine rings is 2. The van der Waals surface area contributed by atoms with E-state index in [0.717, 1.165) is 37.7 Å². The van der Waals surface area contributed by atoms with E-state index in [2.05, 4.69) is 24.1 Å². The molecule has 5 fully saturated rings. The number of hydrogen-bond acceptors (Lipinski definition) is 8. The first kappa shape index (κ1) is 39.4. The van der Waals surface area contributed by atoms with Crippen LogP contribution in [0.4, 0.5) is 0 Å². The Kier molecular flexibility index (Phi) is 11.7. The van der Waals surface area contributed by atoms with E-state index in [4.69, 9.17) is 4.74 Å². The maximum Gasteiger partial charge on any atom is 0.335 e.